The van der Waals surface area contributed by atoms with Crippen molar-refractivity contribution in [3.05, 3.63) is 38.7 Å². The summed E-state index contributed by atoms with van der Waals surface area (Å²) in [5.74, 6) is -2.18. The van der Waals surface area contributed by atoms with Crippen molar-refractivity contribution in [1.29, 1.82) is 0 Å². The molecule has 0 saturated carbocycles. The third kappa shape index (κ3) is 6.69. The van der Waals surface area contributed by atoms with Gasteiger partial charge in [0.25, 0.3) is 11.8 Å². The van der Waals surface area contributed by atoms with Gasteiger partial charge in [-0.05, 0) is 12.5 Å². The lowest BCUT2D eigenvalue weighted by Gasteiger charge is -2.49. The van der Waals surface area contributed by atoms with Gasteiger partial charge >= 0.3 is 19.5 Å². The van der Waals surface area contributed by atoms with Crippen molar-refractivity contribution < 1.29 is 43.0 Å². The Bertz CT molecular complexity index is 1510. The number of carbonyl (C=O) groups excluding carboxylic acids is 2. The van der Waals surface area contributed by atoms with E-state index in [2.05, 4.69) is 15.3 Å². The highest BCUT2D eigenvalue weighted by atomic mass is 32.2. The second kappa shape index (κ2) is 12.6. The molecule has 14 nitrogen and oxygen atoms in total. The molecule has 0 aliphatic carbocycles. The fourth-order valence-corrected chi connectivity index (χ4v) is 9.12. The number of aromatic nitrogens is 2. The van der Waals surface area contributed by atoms with E-state index in [0.29, 0.717) is 20.5 Å². The van der Waals surface area contributed by atoms with Gasteiger partial charge in [0.15, 0.2) is 9.47 Å². The molecule has 2 amide bonds. The molecule has 2 aromatic rings. The molecule has 0 bridgehead atoms. The first-order valence-corrected chi connectivity index (χ1v) is 16.9. The van der Waals surface area contributed by atoms with E-state index < -0.39 is 42.8 Å². The maximum absolute atomic E-state index is 13.3. The number of nitrogens with two attached hydrogens (primary N) is 1. The number of thiazole rings is 2. The predicted octanol–water partition coefficient (Wildman–Crippen LogP) is 2.48. The van der Waals surface area contributed by atoms with Crippen LogP contribution >= 0.6 is 53.8 Å². The molecule has 1 saturated heterocycles. The Balaban J connectivity index is 1.52. The van der Waals surface area contributed by atoms with Gasteiger partial charge in [-0.1, -0.05) is 11.8 Å². The minimum absolute atomic E-state index is 0.105. The van der Waals surface area contributed by atoms with Crippen LogP contribution < -0.4 is 11.1 Å². The quantitative estimate of drug-likeness (QED) is 0.111. The minimum Gasteiger partial charge on any atom is -0.481 e. The van der Waals surface area contributed by atoms with Gasteiger partial charge in [-0.2, -0.15) is 0 Å². The topological polar surface area (TPSA) is 211 Å². The highest BCUT2D eigenvalue weighted by molar-refractivity contribution is 8.01. The second-order valence-electron chi connectivity index (χ2n) is 8.48. The highest BCUT2D eigenvalue weighted by Crippen LogP contribution is 2.50. The van der Waals surface area contributed by atoms with Crippen molar-refractivity contribution in [2.75, 3.05) is 31.5 Å². The van der Waals surface area contributed by atoms with Crippen molar-refractivity contribution in [3.8, 4) is 0 Å². The van der Waals surface area contributed by atoms with Crippen molar-refractivity contribution in [3.63, 3.8) is 0 Å². The number of carboxylic acid groups (broad SMARTS) is 2. The Labute approximate surface area is 249 Å². The Morgan fingerprint density at radius 3 is 2.59 bits per heavy atom. The molecule has 0 unspecified atom stereocenters. The van der Waals surface area contributed by atoms with Crippen molar-refractivity contribution >= 4 is 88.3 Å². The van der Waals surface area contributed by atoms with E-state index >= 15 is 0 Å². The number of carboxylic acids is 2. The molecule has 5 N–H and O–H groups in total. The predicted molar refractivity (Wildman–Crippen MR) is 155 cm³/mol. The fraction of sp³-hybridized carbons (Fsp3) is 0.364. The molecule has 2 aromatic heterocycles. The summed E-state index contributed by atoms with van der Waals surface area (Å²) in [5.41, 5.74) is 6.56. The van der Waals surface area contributed by atoms with Crippen molar-refractivity contribution in [2.45, 2.75) is 29.1 Å². The molecule has 4 rings (SSSR count). The van der Waals surface area contributed by atoms with Gasteiger partial charge in [0.2, 0.25) is 0 Å². The van der Waals surface area contributed by atoms with E-state index in [1.54, 1.807) is 6.92 Å². The molecule has 41 heavy (non-hydrogen) atoms. The summed E-state index contributed by atoms with van der Waals surface area (Å²) in [4.78, 5) is 59.9. The molecule has 4 heterocycles. The molecule has 0 aromatic carbocycles. The molecule has 2 atom stereocenters. The standard InChI is InChI=1S/C22H24N5O9PS4/c1-9-13(4-14(28)29)41-22(24-9)40-7-10-6-38-19-15(18(31)27(19)16(10)20(32)33)26-17(30)11(5-37(34,35-2)36-3)12-8-39-21(23)25-12/h5,8,15,19H,4,6-7H2,1-3H3,(H2,23,25)(H,26,30)(H,28,29)(H,32,33)/b11-5-/t15-,19-/m1/s1. The maximum atomic E-state index is 13.3. The number of nitrogens with zero attached hydrogens (tertiary/aromatic N) is 3. The maximum Gasteiger partial charge on any atom is 0.354 e. The molecule has 2 aliphatic rings. The van der Waals surface area contributed by atoms with Crippen LogP contribution in [0.4, 0.5) is 5.13 Å². The molecular formula is C22H24N5O9PS4. The Morgan fingerprint density at radius 1 is 1.29 bits per heavy atom. The van der Waals surface area contributed by atoms with Crippen LogP contribution in [0.5, 0.6) is 0 Å². The summed E-state index contributed by atoms with van der Waals surface area (Å²) in [6.45, 7) is 1.71. The van der Waals surface area contributed by atoms with Gasteiger partial charge in [0.05, 0.1) is 23.4 Å². The lowest BCUT2D eigenvalue weighted by Crippen LogP contribution is -2.70. The Hall–Kier alpha value is -2.73. The summed E-state index contributed by atoms with van der Waals surface area (Å²) in [5, 5.41) is 22.6. The number of β-lactam (4-membered cyclic amide) rings is 1. The molecule has 220 valence electrons. The fourth-order valence-electron chi connectivity index (χ4n) is 3.92. The van der Waals surface area contributed by atoms with E-state index in [4.69, 9.17) is 19.9 Å². The van der Waals surface area contributed by atoms with Crippen LogP contribution in [0.3, 0.4) is 0 Å². The monoisotopic (exact) mass is 661 g/mol. The third-order valence-corrected chi connectivity index (χ3v) is 11.9. The average molecular weight is 662 g/mol. The second-order valence-corrected chi connectivity index (χ2v) is 14.9. The molecule has 19 heteroatoms. The van der Waals surface area contributed by atoms with Crippen LogP contribution in [0.15, 0.2) is 26.8 Å². The number of aliphatic carboxylic acids is 2. The molecule has 0 radical (unpaired) electrons. The first kappa shape index (κ1) is 31.2. The van der Waals surface area contributed by atoms with E-state index in [-0.39, 0.29) is 40.0 Å². The third-order valence-electron chi connectivity index (χ3n) is 5.93. The van der Waals surface area contributed by atoms with Crippen LogP contribution in [-0.2, 0) is 39.2 Å². The van der Waals surface area contributed by atoms with Crippen LogP contribution in [0, 0.1) is 6.92 Å². The summed E-state index contributed by atoms with van der Waals surface area (Å²) in [6.07, 6.45) is -0.151. The number of carbonyl (C=O) groups is 4. The summed E-state index contributed by atoms with van der Waals surface area (Å²) in [7, 11) is -1.52. The van der Waals surface area contributed by atoms with Crippen molar-refractivity contribution in [2.24, 2.45) is 0 Å². The normalized spacial score (nSPS) is 19.1. The van der Waals surface area contributed by atoms with E-state index in [0.717, 1.165) is 36.3 Å². The number of anilines is 1. The number of nitrogen functional groups attached to an aromatic ring is 1. The summed E-state index contributed by atoms with van der Waals surface area (Å²) in [6, 6.07) is -1.06. The first-order valence-electron chi connectivity index (χ1n) is 11.5. The SMILES string of the molecule is COP(=O)(/C=C(\C(=O)N[C@@H]1C(=O)N2C(C(=O)O)=C(CSc3nc(C)c(CC(=O)O)s3)CS[C@H]12)c1csc(N)n1)OC. The van der Waals surface area contributed by atoms with Gasteiger partial charge in [0.1, 0.15) is 17.1 Å². The Morgan fingerprint density at radius 2 is 2.00 bits per heavy atom. The highest BCUT2D eigenvalue weighted by Gasteiger charge is 2.54. The van der Waals surface area contributed by atoms with Crippen LogP contribution in [0.2, 0.25) is 0 Å². The van der Waals surface area contributed by atoms with E-state index in [9.17, 15) is 28.8 Å². The largest absolute Gasteiger partial charge is 0.481 e. The van der Waals surface area contributed by atoms with Gasteiger partial charge in [-0.25, -0.2) is 14.8 Å². The zero-order chi connectivity index (χ0) is 30.1. The summed E-state index contributed by atoms with van der Waals surface area (Å²) < 4.78 is 23.2. The van der Waals surface area contributed by atoms with Crippen LogP contribution in [0.1, 0.15) is 16.3 Å². The number of aryl methyl sites for hydroxylation is 1. The number of amides is 2. The van der Waals surface area contributed by atoms with Crippen molar-refractivity contribution in [1.82, 2.24) is 20.2 Å². The van der Waals surface area contributed by atoms with E-state index in [1.807, 2.05) is 0 Å². The lowest BCUT2D eigenvalue weighted by molar-refractivity contribution is -0.150. The molecular weight excluding hydrogens is 638 g/mol. The van der Waals surface area contributed by atoms with E-state index in [1.165, 1.54) is 40.2 Å². The number of nitrogens with one attached hydrogen (secondary N) is 1. The van der Waals surface area contributed by atoms with Gasteiger partial charge < -0.3 is 30.3 Å². The number of thioether (sulfide) groups is 2. The molecule has 2 aliphatic heterocycles. The molecule has 0 spiro atoms. The van der Waals surface area contributed by atoms with Gasteiger partial charge in [-0.3, -0.25) is 23.8 Å². The first-order chi connectivity index (χ1) is 19.4. The average Bonchev–Trinajstić information content (AvgIpc) is 3.52. The number of rotatable bonds is 12. The smallest absolute Gasteiger partial charge is 0.354 e. The zero-order valence-electron chi connectivity index (χ0n) is 21.7. The number of hydrogen-bond donors (Lipinski definition) is 4. The van der Waals surface area contributed by atoms with Gasteiger partial charge in [-0.15, -0.1) is 34.4 Å². The van der Waals surface area contributed by atoms with Crippen LogP contribution in [0.25, 0.3) is 5.57 Å². The number of hydrogen-bond acceptors (Lipinski definition) is 14. The Kier molecular flexibility index (Phi) is 9.63. The van der Waals surface area contributed by atoms with Gasteiger partial charge in [0, 0.05) is 41.8 Å². The lowest BCUT2D eigenvalue weighted by atomic mass is 10.0. The minimum atomic E-state index is -3.82. The summed E-state index contributed by atoms with van der Waals surface area (Å²) >= 11 is 4.83. The molecule has 1 fully saturated rings. The van der Waals surface area contributed by atoms with Crippen LogP contribution in [-0.4, -0.2) is 86.0 Å². The number of fused-ring (bicyclic) bond motifs is 1. The zero-order valence-corrected chi connectivity index (χ0v) is 25.8.